The van der Waals surface area contributed by atoms with Crippen LogP contribution in [-0.4, -0.2) is 32.0 Å². The molecule has 5 heteroatoms. The van der Waals surface area contributed by atoms with Crippen LogP contribution in [0.25, 0.3) is 0 Å². The second-order valence-electron chi connectivity index (χ2n) is 2.37. The third kappa shape index (κ3) is 7.40. The number of nitrogens with one attached hydrogen (secondary N) is 2. The van der Waals surface area contributed by atoms with Crippen molar-refractivity contribution < 1.29 is 13.6 Å². The van der Waals surface area contributed by atoms with Gasteiger partial charge in [0, 0.05) is 6.54 Å². The van der Waals surface area contributed by atoms with Crippen LogP contribution in [0.1, 0.15) is 13.3 Å². The molecule has 0 atom stereocenters. The standard InChI is InChI=1S/C7H14F2N2O/c1-2-3-11-7(12)5-10-4-6(8)9/h6,10H,2-5H2,1H3,(H,11,12). The quantitative estimate of drug-likeness (QED) is 0.620. The molecule has 0 unspecified atom stereocenters. The molecule has 0 spiro atoms. The molecule has 0 bridgehead atoms. The molecular weight excluding hydrogens is 166 g/mol. The van der Waals surface area contributed by atoms with Crippen molar-refractivity contribution in [3.63, 3.8) is 0 Å². The molecule has 72 valence electrons. The third-order valence-corrected chi connectivity index (χ3v) is 1.16. The van der Waals surface area contributed by atoms with Crippen molar-refractivity contribution in [2.75, 3.05) is 19.6 Å². The van der Waals surface area contributed by atoms with Gasteiger partial charge < -0.3 is 10.6 Å². The van der Waals surface area contributed by atoms with Crippen LogP contribution >= 0.6 is 0 Å². The first-order valence-corrected chi connectivity index (χ1v) is 3.92. The number of hydrogen-bond acceptors (Lipinski definition) is 2. The highest BCUT2D eigenvalue weighted by Crippen LogP contribution is 1.86. The Balaban J connectivity index is 3.20. The maximum Gasteiger partial charge on any atom is 0.250 e. The fourth-order valence-electron chi connectivity index (χ4n) is 0.622. The Morgan fingerprint density at radius 2 is 2.17 bits per heavy atom. The maximum absolute atomic E-state index is 11.5. The zero-order chi connectivity index (χ0) is 9.40. The summed E-state index contributed by atoms with van der Waals surface area (Å²) in [5.74, 6) is -0.238. The average molecular weight is 180 g/mol. The molecule has 0 aliphatic carbocycles. The molecule has 0 aromatic heterocycles. The van der Waals surface area contributed by atoms with Crippen LogP contribution in [0, 0.1) is 0 Å². The van der Waals surface area contributed by atoms with Crippen molar-refractivity contribution in [3.8, 4) is 0 Å². The molecule has 12 heavy (non-hydrogen) atoms. The van der Waals surface area contributed by atoms with Crippen LogP contribution in [0.5, 0.6) is 0 Å². The number of halogens is 2. The summed E-state index contributed by atoms with van der Waals surface area (Å²) in [6.07, 6.45) is -1.55. The number of amides is 1. The van der Waals surface area contributed by atoms with E-state index in [2.05, 4.69) is 10.6 Å². The van der Waals surface area contributed by atoms with Crippen molar-refractivity contribution in [2.45, 2.75) is 19.8 Å². The van der Waals surface area contributed by atoms with E-state index in [-0.39, 0.29) is 12.5 Å². The summed E-state index contributed by atoms with van der Waals surface area (Å²) in [6.45, 7) is 2.05. The van der Waals surface area contributed by atoms with E-state index >= 15 is 0 Å². The molecule has 3 nitrogen and oxygen atoms in total. The summed E-state index contributed by atoms with van der Waals surface area (Å²) in [5.41, 5.74) is 0. The van der Waals surface area contributed by atoms with Gasteiger partial charge in [-0.2, -0.15) is 0 Å². The summed E-state index contributed by atoms with van der Waals surface area (Å²) in [5, 5.41) is 4.89. The minimum absolute atomic E-state index is 0.0374. The zero-order valence-electron chi connectivity index (χ0n) is 7.07. The van der Waals surface area contributed by atoms with Gasteiger partial charge in [-0.05, 0) is 6.42 Å². The fourth-order valence-corrected chi connectivity index (χ4v) is 0.622. The first-order valence-electron chi connectivity index (χ1n) is 3.92. The summed E-state index contributed by atoms with van der Waals surface area (Å²) < 4.78 is 23.1. The van der Waals surface area contributed by atoms with Gasteiger partial charge in [0.15, 0.2) is 0 Å². The molecule has 0 aromatic rings. The fraction of sp³-hybridized carbons (Fsp3) is 0.857. The largest absolute Gasteiger partial charge is 0.355 e. The van der Waals surface area contributed by atoms with Crippen molar-refractivity contribution in [1.29, 1.82) is 0 Å². The van der Waals surface area contributed by atoms with Crippen LogP contribution in [0.4, 0.5) is 8.78 Å². The lowest BCUT2D eigenvalue weighted by Gasteiger charge is -2.04. The highest BCUT2D eigenvalue weighted by atomic mass is 19.3. The van der Waals surface area contributed by atoms with E-state index in [1.807, 2.05) is 6.92 Å². The van der Waals surface area contributed by atoms with Gasteiger partial charge >= 0.3 is 0 Å². The monoisotopic (exact) mass is 180 g/mol. The average Bonchev–Trinajstić information content (AvgIpc) is 2.00. The van der Waals surface area contributed by atoms with Gasteiger partial charge in [-0.3, -0.25) is 4.79 Å². The lowest BCUT2D eigenvalue weighted by atomic mass is 10.4. The van der Waals surface area contributed by atoms with E-state index in [4.69, 9.17) is 0 Å². The molecule has 0 aliphatic rings. The Morgan fingerprint density at radius 1 is 1.50 bits per heavy atom. The topological polar surface area (TPSA) is 41.1 Å². The minimum Gasteiger partial charge on any atom is -0.355 e. The molecule has 0 aromatic carbocycles. The van der Waals surface area contributed by atoms with Gasteiger partial charge in [0.1, 0.15) is 0 Å². The minimum atomic E-state index is -2.40. The van der Waals surface area contributed by atoms with Gasteiger partial charge in [-0.1, -0.05) is 6.92 Å². The zero-order valence-corrected chi connectivity index (χ0v) is 7.07. The van der Waals surface area contributed by atoms with Gasteiger partial charge in [0.25, 0.3) is 6.43 Å². The summed E-state index contributed by atoms with van der Waals surface area (Å²) >= 11 is 0. The van der Waals surface area contributed by atoms with E-state index in [0.717, 1.165) is 6.42 Å². The van der Waals surface area contributed by atoms with Crippen LogP contribution < -0.4 is 10.6 Å². The van der Waals surface area contributed by atoms with Gasteiger partial charge in [0.2, 0.25) is 5.91 Å². The molecule has 0 saturated heterocycles. The normalized spacial score (nSPS) is 10.3. The van der Waals surface area contributed by atoms with E-state index in [0.29, 0.717) is 6.54 Å². The Labute approximate surface area is 70.5 Å². The molecule has 1 amide bonds. The lowest BCUT2D eigenvalue weighted by molar-refractivity contribution is -0.120. The number of carbonyl (C=O) groups excluding carboxylic acids is 1. The number of carbonyl (C=O) groups is 1. The molecule has 0 saturated carbocycles. The smallest absolute Gasteiger partial charge is 0.250 e. The predicted molar refractivity (Wildman–Crippen MR) is 42.2 cm³/mol. The Morgan fingerprint density at radius 3 is 2.67 bits per heavy atom. The Hall–Kier alpha value is -0.710. The summed E-state index contributed by atoms with van der Waals surface area (Å²) in [4.78, 5) is 10.8. The van der Waals surface area contributed by atoms with Crippen LogP contribution in [0.3, 0.4) is 0 Å². The van der Waals surface area contributed by atoms with E-state index in [9.17, 15) is 13.6 Å². The van der Waals surface area contributed by atoms with Crippen LogP contribution in [-0.2, 0) is 4.79 Å². The molecule has 0 radical (unpaired) electrons. The number of rotatable bonds is 6. The summed E-state index contributed by atoms with van der Waals surface area (Å²) in [7, 11) is 0. The van der Waals surface area contributed by atoms with E-state index in [1.54, 1.807) is 0 Å². The van der Waals surface area contributed by atoms with Crippen molar-refractivity contribution in [1.82, 2.24) is 10.6 Å². The van der Waals surface area contributed by atoms with E-state index in [1.165, 1.54) is 0 Å². The maximum atomic E-state index is 11.5. The predicted octanol–water partition coefficient (Wildman–Crippen LogP) is 0.367. The molecule has 0 heterocycles. The summed E-state index contributed by atoms with van der Waals surface area (Å²) in [6, 6.07) is 0. The van der Waals surface area contributed by atoms with Crippen molar-refractivity contribution in [3.05, 3.63) is 0 Å². The SMILES string of the molecule is CCCNC(=O)CNCC(F)F. The second kappa shape index (κ2) is 6.97. The van der Waals surface area contributed by atoms with E-state index < -0.39 is 13.0 Å². The molecule has 0 fully saturated rings. The third-order valence-electron chi connectivity index (χ3n) is 1.16. The Kier molecular flexibility index (Phi) is 6.55. The number of alkyl halides is 2. The van der Waals surface area contributed by atoms with Gasteiger partial charge in [-0.25, -0.2) is 8.78 Å². The first kappa shape index (κ1) is 11.3. The highest BCUT2D eigenvalue weighted by Gasteiger charge is 2.03. The van der Waals surface area contributed by atoms with Crippen LogP contribution in [0.15, 0.2) is 0 Å². The Bertz CT molecular complexity index is 131. The molecule has 0 rings (SSSR count). The van der Waals surface area contributed by atoms with Gasteiger partial charge in [0.05, 0.1) is 13.1 Å². The lowest BCUT2D eigenvalue weighted by Crippen LogP contribution is -2.36. The molecular formula is C7H14F2N2O. The van der Waals surface area contributed by atoms with Gasteiger partial charge in [-0.15, -0.1) is 0 Å². The second-order valence-corrected chi connectivity index (χ2v) is 2.37. The van der Waals surface area contributed by atoms with Crippen molar-refractivity contribution in [2.24, 2.45) is 0 Å². The van der Waals surface area contributed by atoms with Crippen molar-refractivity contribution >= 4 is 5.91 Å². The number of hydrogen-bond donors (Lipinski definition) is 2. The molecule has 2 N–H and O–H groups in total. The first-order chi connectivity index (χ1) is 5.66. The highest BCUT2D eigenvalue weighted by molar-refractivity contribution is 5.77. The molecule has 0 aliphatic heterocycles. The van der Waals surface area contributed by atoms with Crippen LogP contribution in [0.2, 0.25) is 0 Å².